The summed E-state index contributed by atoms with van der Waals surface area (Å²) in [6.45, 7) is 9.43. The molecule has 2 amide bonds. The number of amides is 2. The zero-order chi connectivity index (χ0) is 17.4. The van der Waals surface area contributed by atoms with E-state index < -0.39 is 17.2 Å². The molecule has 1 aliphatic heterocycles. The van der Waals surface area contributed by atoms with Crippen molar-refractivity contribution in [3.05, 3.63) is 11.1 Å². The van der Waals surface area contributed by atoms with Gasteiger partial charge in [-0.05, 0) is 66.2 Å². The van der Waals surface area contributed by atoms with E-state index in [4.69, 9.17) is 4.74 Å². The molecule has 1 N–H and O–H groups in total. The number of aliphatic hydroxyl groups is 1. The van der Waals surface area contributed by atoms with Gasteiger partial charge in [-0.1, -0.05) is 5.57 Å². The van der Waals surface area contributed by atoms with Crippen LogP contribution < -0.4 is 0 Å². The topological polar surface area (TPSA) is 66.8 Å². The van der Waals surface area contributed by atoms with Crippen LogP contribution in [-0.4, -0.2) is 39.8 Å². The van der Waals surface area contributed by atoms with E-state index in [1.807, 2.05) is 34.6 Å². The van der Waals surface area contributed by atoms with Gasteiger partial charge in [0.2, 0.25) is 0 Å². The summed E-state index contributed by atoms with van der Waals surface area (Å²) >= 11 is 0. The number of imide groups is 1. The van der Waals surface area contributed by atoms with Crippen molar-refractivity contribution in [2.45, 2.75) is 77.9 Å². The Hall–Kier alpha value is -1.36. The van der Waals surface area contributed by atoms with Gasteiger partial charge in [-0.15, -0.1) is 0 Å². The fourth-order valence-corrected chi connectivity index (χ4v) is 3.61. The summed E-state index contributed by atoms with van der Waals surface area (Å²) in [6.07, 6.45) is 3.20. The molecule has 0 unspecified atom stereocenters. The Morgan fingerprint density at radius 1 is 1.30 bits per heavy atom. The van der Waals surface area contributed by atoms with Crippen molar-refractivity contribution in [1.82, 2.24) is 4.90 Å². The van der Waals surface area contributed by atoms with Crippen LogP contribution in [0.1, 0.15) is 66.7 Å². The summed E-state index contributed by atoms with van der Waals surface area (Å²) in [5, 5.41) is 9.36. The molecular weight excluding hydrogens is 294 g/mol. The molecule has 1 heterocycles. The van der Waals surface area contributed by atoms with Crippen molar-refractivity contribution in [3.8, 4) is 0 Å². The van der Waals surface area contributed by atoms with E-state index in [0.29, 0.717) is 6.42 Å². The highest BCUT2D eigenvalue weighted by molar-refractivity contribution is 6.06. The van der Waals surface area contributed by atoms with Gasteiger partial charge < -0.3 is 9.84 Å². The van der Waals surface area contributed by atoms with E-state index in [1.54, 1.807) is 0 Å². The molecule has 1 aliphatic carbocycles. The van der Waals surface area contributed by atoms with Crippen LogP contribution >= 0.6 is 0 Å². The second-order valence-electron chi connectivity index (χ2n) is 8.13. The Kier molecular flexibility index (Phi) is 4.90. The molecule has 2 aliphatic rings. The molecule has 130 valence electrons. The maximum atomic E-state index is 12.8. The second kappa shape index (κ2) is 6.27. The largest absolute Gasteiger partial charge is 0.443 e. The predicted octanol–water partition coefficient (Wildman–Crippen LogP) is 3.41. The molecule has 0 aromatic heterocycles. The standard InChI is InChI=1S/C18H29NO4/c1-12(2)14-10-18(8-6-13(11-20)7-9-18)19(15(14)21)16(22)23-17(3,4)5/h13,20H,6-11H2,1-5H3. The number of hydrogen-bond donors (Lipinski definition) is 1. The van der Waals surface area contributed by atoms with Gasteiger partial charge in [0.1, 0.15) is 5.60 Å². The molecule has 2 rings (SSSR count). The normalized spacial score (nSPS) is 28.4. The quantitative estimate of drug-likeness (QED) is 0.751. The van der Waals surface area contributed by atoms with Crippen LogP contribution in [0.4, 0.5) is 4.79 Å². The molecule has 5 nitrogen and oxygen atoms in total. The van der Waals surface area contributed by atoms with Crippen LogP contribution in [-0.2, 0) is 9.53 Å². The van der Waals surface area contributed by atoms with E-state index in [9.17, 15) is 14.7 Å². The summed E-state index contributed by atoms with van der Waals surface area (Å²) in [7, 11) is 0. The molecular formula is C18H29NO4. The highest BCUT2D eigenvalue weighted by atomic mass is 16.6. The first-order valence-electron chi connectivity index (χ1n) is 8.44. The first kappa shape index (κ1) is 18.0. The van der Waals surface area contributed by atoms with Crippen molar-refractivity contribution in [3.63, 3.8) is 0 Å². The number of aliphatic hydroxyl groups excluding tert-OH is 1. The molecule has 23 heavy (non-hydrogen) atoms. The lowest BCUT2D eigenvalue weighted by molar-refractivity contribution is -0.129. The van der Waals surface area contributed by atoms with Crippen LogP contribution in [0, 0.1) is 5.92 Å². The van der Waals surface area contributed by atoms with Crippen molar-refractivity contribution < 1.29 is 19.4 Å². The van der Waals surface area contributed by atoms with Crippen LogP contribution in [0.15, 0.2) is 11.1 Å². The highest BCUT2D eigenvalue weighted by Gasteiger charge is 2.53. The maximum Gasteiger partial charge on any atom is 0.417 e. The van der Waals surface area contributed by atoms with Gasteiger partial charge in [0.15, 0.2) is 0 Å². The minimum Gasteiger partial charge on any atom is -0.443 e. The number of likely N-dealkylation sites (tertiary alicyclic amines) is 1. The number of ether oxygens (including phenoxy) is 1. The number of nitrogens with zero attached hydrogens (tertiary/aromatic N) is 1. The number of carbonyl (C=O) groups excluding carboxylic acids is 2. The molecule has 1 saturated carbocycles. The van der Waals surface area contributed by atoms with E-state index in [-0.39, 0.29) is 18.4 Å². The van der Waals surface area contributed by atoms with Gasteiger partial charge >= 0.3 is 6.09 Å². The summed E-state index contributed by atoms with van der Waals surface area (Å²) in [6, 6.07) is 0. The molecule has 1 spiro atoms. The number of carbonyl (C=O) groups is 2. The average molecular weight is 323 g/mol. The molecule has 0 radical (unpaired) electrons. The fraction of sp³-hybridized carbons (Fsp3) is 0.778. The zero-order valence-electron chi connectivity index (χ0n) is 14.9. The summed E-state index contributed by atoms with van der Waals surface area (Å²) in [4.78, 5) is 26.9. The fourth-order valence-electron chi connectivity index (χ4n) is 3.61. The molecule has 0 bridgehead atoms. The molecule has 0 aromatic carbocycles. The van der Waals surface area contributed by atoms with Gasteiger partial charge in [0.05, 0.1) is 5.54 Å². The Labute approximate surface area is 138 Å². The van der Waals surface area contributed by atoms with Crippen LogP contribution in [0.2, 0.25) is 0 Å². The SMILES string of the molecule is CC(C)=C1CC2(CCC(CO)CC2)N(C(=O)OC(C)(C)C)C1=O. The molecule has 0 atom stereocenters. The van der Waals surface area contributed by atoms with E-state index >= 15 is 0 Å². The first-order valence-corrected chi connectivity index (χ1v) is 8.44. The van der Waals surface area contributed by atoms with Gasteiger partial charge in [-0.3, -0.25) is 4.79 Å². The van der Waals surface area contributed by atoms with E-state index in [2.05, 4.69) is 0 Å². The smallest absolute Gasteiger partial charge is 0.417 e. The Morgan fingerprint density at radius 3 is 2.30 bits per heavy atom. The van der Waals surface area contributed by atoms with Gasteiger partial charge in [0, 0.05) is 18.6 Å². The average Bonchev–Trinajstić information content (AvgIpc) is 2.71. The number of rotatable bonds is 1. The predicted molar refractivity (Wildman–Crippen MR) is 87.8 cm³/mol. The third-order valence-corrected chi connectivity index (χ3v) is 4.92. The lowest BCUT2D eigenvalue weighted by Gasteiger charge is -2.42. The molecule has 2 fully saturated rings. The molecule has 5 heteroatoms. The highest BCUT2D eigenvalue weighted by Crippen LogP contribution is 2.47. The van der Waals surface area contributed by atoms with Gasteiger partial charge in [-0.25, -0.2) is 9.69 Å². The van der Waals surface area contributed by atoms with Crippen molar-refractivity contribution in [1.29, 1.82) is 0 Å². The van der Waals surface area contributed by atoms with Crippen LogP contribution in [0.3, 0.4) is 0 Å². The first-order chi connectivity index (χ1) is 10.6. The van der Waals surface area contributed by atoms with Crippen LogP contribution in [0.25, 0.3) is 0 Å². The van der Waals surface area contributed by atoms with Crippen molar-refractivity contribution in [2.75, 3.05) is 6.61 Å². The number of hydrogen-bond acceptors (Lipinski definition) is 4. The minimum absolute atomic E-state index is 0.173. The minimum atomic E-state index is -0.630. The third kappa shape index (κ3) is 3.60. The van der Waals surface area contributed by atoms with E-state index in [1.165, 1.54) is 4.90 Å². The van der Waals surface area contributed by atoms with Gasteiger partial charge in [-0.2, -0.15) is 0 Å². The number of allylic oxidation sites excluding steroid dienone is 1. The van der Waals surface area contributed by atoms with Crippen LogP contribution in [0.5, 0.6) is 0 Å². The Bertz CT molecular complexity index is 518. The Morgan fingerprint density at radius 2 is 1.87 bits per heavy atom. The summed E-state index contributed by atoms with van der Waals surface area (Å²) in [5.74, 6) is 0.0636. The monoisotopic (exact) mass is 323 g/mol. The van der Waals surface area contributed by atoms with E-state index in [0.717, 1.165) is 36.8 Å². The molecule has 0 aromatic rings. The Balaban J connectivity index is 2.33. The maximum absolute atomic E-state index is 12.8. The summed E-state index contributed by atoms with van der Waals surface area (Å²) in [5.41, 5.74) is 0.592. The third-order valence-electron chi connectivity index (χ3n) is 4.92. The van der Waals surface area contributed by atoms with Crippen molar-refractivity contribution >= 4 is 12.0 Å². The lowest BCUT2D eigenvalue weighted by atomic mass is 9.74. The lowest BCUT2D eigenvalue weighted by Crippen LogP contribution is -2.52. The zero-order valence-corrected chi connectivity index (χ0v) is 14.9. The second-order valence-corrected chi connectivity index (χ2v) is 8.13. The summed E-state index contributed by atoms with van der Waals surface area (Å²) < 4.78 is 5.50. The van der Waals surface area contributed by atoms with Gasteiger partial charge in [0.25, 0.3) is 5.91 Å². The molecule has 1 saturated heterocycles. The van der Waals surface area contributed by atoms with Crippen molar-refractivity contribution in [2.24, 2.45) is 5.92 Å².